The Morgan fingerprint density at radius 2 is 1.17 bits per heavy atom. The van der Waals surface area contributed by atoms with Crippen LogP contribution in [0.4, 0.5) is 0 Å². The standard InChI is InChI=1S/C30H38N2O4/c1-3-5-7-9-11-21-35-26-16-18-27(19-17-26)36-30(33)29-23-31-28(22-32-29)24-12-14-25(15-13-24)34-20-10-8-6-4-2/h12-19,22-23H,3-11,20-21H2,1-2H3. The molecule has 6 nitrogen and oxygen atoms in total. The minimum absolute atomic E-state index is 0.151. The molecule has 36 heavy (non-hydrogen) atoms. The molecule has 0 unspecified atom stereocenters. The first kappa shape index (κ1) is 27.2. The lowest BCUT2D eigenvalue weighted by molar-refractivity contribution is 0.0728. The van der Waals surface area contributed by atoms with E-state index in [1.807, 2.05) is 36.4 Å². The highest BCUT2D eigenvalue weighted by Gasteiger charge is 2.12. The Labute approximate surface area is 215 Å². The average Bonchev–Trinajstić information content (AvgIpc) is 2.92. The molecule has 2 aromatic carbocycles. The van der Waals surface area contributed by atoms with Crippen LogP contribution in [0.15, 0.2) is 60.9 Å². The summed E-state index contributed by atoms with van der Waals surface area (Å²) < 4.78 is 17.0. The van der Waals surface area contributed by atoms with Crippen molar-refractivity contribution >= 4 is 5.97 Å². The van der Waals surface area contributed by atoms with Gasteiger partial charge in [-0.2, -0.15) is 0 Å². The van der Waals surface area contributed by atoms with Crippen molar-refractivity contribution in [2.24, 2.45) is 0 Å². The molecule has 0 saturated carbocycles. The largest absolute Gasteiger partial charge is 0.494 e. The minimum atomic E-state index is -0.550. The molecule has 0 fully saturated rings. The van der Waals surface area contributed by atoms with Crippen LogP contribution in [0.3, 0.4) is 0 Å². The summed E-state index contributed by atoms with van der Waals surface area (Å²) in [5.74, 6) is 1.49. The predicted octanol–water partition coefficient (Wildman–Crippen LogP) is 7.67. The Balaban J connectivity index is 1.45. The molecule has 0 saturated heterocycles. The van der Waals surface area contributed by atoms with Gasteiger partial charge in [-0.25, -0.2) is 9.78 Å². The van der Waals surface area contributed by atoms with Crippen molar-refractivity contribution in [2.75, 3.05) is 13.2 Å². The molecule has 0 N–H and O–H groups in total. The fourth-order valence-corrected chi connectivity index (χ4v) is 3.68. The molecule has 0 aliphatic heterocycles. The van der Waals surface area contributed by atoms with Crippen LogP contribution in [0.1, 0.15) is 82.1 Å². The van der Waals surface area contributed by atoms with Crippen LogP contribution in [0.2, 0.25) is 0 Å². The van der Waals surface area contributed by atoms with Gasteiger partial charge in [0.2, 0.25) is 0 Å². The van der Waals surface area contributed by atoms with E-state index in [1.54, 1.807) is 18.3 Å². The number of rotatable bonds is 16. The second-order valence-corrected chi connectivity index (χ2v) is 8.84. The molecule has 1 aromatic heterocycles. The Hall–Kier alpha value is -3.41. The first-order chi connectivity index (χ1) is 17.7. The van der Waals surface area contributed by atoms with Crippen molar-refractivity contribution in [1.82, 2.24) is 9.97 Å². The highest BCUT2D eigenvalue weighted by molar-refractivity contribution is 5.88. The van der Waals surface area contributed by atoms with E-state index in [4.69, 9.17) is 14.2 Å². The van der Waals surface area contributed by atoms with E-state index in [0.717, 1.165) is 36.5 Å². The number of esters is 1. The quantitative estimate of drug-likeness (QED) is 0.117. The summed E-state index contributed by atoms with van der Waals surface area (Å²) in [6, 6.07) is 14.8. The Morgan fingerprint density at radius 1 is 0.639 bits per heavy atom. The Bertz CT molecular complexity index is 1020. The number of aromatic nitrogens is 2. The van der Waals surface area contributed by atoms with Crippen molar-refractivity contribution in [3.63, 3.8) is 0 Å². The van der Waals surface area contributed by atoms with Crippen LogP contribution in [-0.2, 0) is 0 Å². The van der Waals surface area contributed by atoms with E-state index >= 15 is 0 Å². The smallest absolute Gasteiger partial charge is 0.363 e. The molecule has 0 radical (unpaired) electrons. The zero-order valence-corrected chi connectivity index (χ0v) is 21.6. The van der Waals surface area contributed by atoms with Gasteiger partial charge in [0.1, 0.15) is 17.2 Å². The molecule has 0 spiro atoms. The number of hydrogen-bond donors (Lipinski definition) is 0. The first-order valence-corrected chi connectivity index (χ1v) is 13.2. The summed E-state index contributed by atoms with van der Waals surface area (Å²) in [6.07, 6.45) is 13.7. The second-order valence-electron chi connectivity index (χ2n) is 8.84. The van der Waals surface area contributed by atoms with Crippen molar-refractivity contribution in [2.45, 2.75) is 71.6 Å². The molecular formula is C30H38N2O4. The van der Waals surface area contributed by atoms with Gasteiger partial charge in [0.25, 0.3) is 0 Å². The van der Waals surface area contributed by atoms with Crippen molar-refractivity contribution in [3.05, 3.63) is 66.6 Å². The number of unbranched alkanes of at least 4 members (excludes halogenated alkanes) is 7. The molecule has 6 heteroatoms. The van der Waals surface area contributed by atoms with Crippen molar-refractivity contribution in [1.29, 1.82) is 0 Å². The van der Waals surface area contributed by atoms with Gasteiger partial charge in [-0.1, -0.05) is 58.8 Å². The number of carbonyl (C=O) groups excluding carboxylic acids is 1. The van der Waals surface area contributed by atoms with E-state index in [9.17, 15) is 4.79 Å². The average molecular weight is 491 g/mol. The number of carbonyl (C=O) groups is 1. The first-order valence-electron chi connectivity index (χ1n) is 13.2. The maximum atomic E-state index is 12.5. The van der Waals surface area contributed by atoms with Crippen LogP contribution >= 0.6 is 0 Å². The van der Waals surface area contributed by atoms with Gasteiger partial charge in [0, 0.05) is 5.56 Å². The lowest BCUT2D eigenvalue weighted by Gasteiger charge is -2.08. The summed E-state index contributed by atoms with van der Waals surface area (Å²) >= 11 is 0. The summed E-state index contributed by atoms with van der Waals surface area (Å²) in [6.45, 7) is 5.83. The molecule has 0 amide bonds. The molecule has 192 valence electrons. The van der Waals surface area contributed by atoms with E-state index in [0.29, 0.717) is 18.1 Å². The lowest BCUT2D eigenvalue weighted by Crippen LogP contribution is -2.11. The van der Waals surface area contributed by atoms with E-state index in [-0.39, 0.29) is 5.69 Å². The molecule has 0 atom stereocenters. The third kappa shape index (κ3) is 9.33. The minimum Gasteiger partial charge on any atom is -0.494 e. The lowest BCUT2D eigenvalue weighted by atomic mass is 10.1. The maximum absolute atomic E-state index is 12.5. The predicted molar refractivity (Wildman–Crippen MR) is 143 cm³/mol. The highest BCUT2D eigenvalue weighted by Crippen LogP contribution is 2.22. The molecule has 3 aromatic rings. The van der Waals surface area contributed by atoms with Crippen LogP contribution in [0.5, 0.6) is 17.2 Å². The highest BCUT2D eigenvalue weighted by atomic mass is 16.5. The third-order valence-corrected chi connectivity index (χ3v) is 5.83. The number of nitrogens with zero attached hydrogens (tertiary/aromatic N) is 2. The monoisotopic (exact) mass is 490 g/mol. The molecular weight excluding hydrogens is 452 g/mol. The van der Waals surface area contributed by atoms with Crippen LogP contribution in [-0.4, -0.2) is 29.2 Å². The van der Waals surface area contributed by atoms with Crippen LogP contribution < -0.4 is 14.2 Å². The normalized spacial score (nSPS) is 10.7. The fourth-order valence-electron chi connectivity index (χ4n) is 3.68. The van der Waals surface area contributed by atoms with Gasteiger partial charge in [0.05, 0.1) is 31.3 Å². The van der Waals surface area contributed by atoms with Gasteiger partial charge < -0.3 is 14.2 Å². The second kappa shape index (κ2) is 15.6. The van der Waals surface area contributed by atoms with Gasteiger partial charge in [0.15, 0.2) is 5.69 Å². The number of ether oxygens (including phenoxy) is 3. The van der Waals surface area contributed by atoms with E-state index < -0.39 is 5.97 Å². The molecule has 1 heterocycles. The van der Waals surface area contributed by atoms with Gasteiger partial charge in [-0.15, -0.1) is 0 Å². The van der Waals surface area contributed by atoms with Crippen LogP contribution in [0.25, 0.3) is 11.3 Å². The molecule has 0 bridgehead atoms. The van der Waals surface area contributed by atoms with Gasteiger partial charge >= 0.3 is 5.97 Å². The van der Waals surface area contributed by atoms with E-state index in [1.165, 1.54) is 51.1 Å². The van der Waals surface area contributed by atoms with Gasteiger partial charge in [-0.05, 0) is 61.4 Å². The summed E-state index contributed by atoms with van der Waals surface area (Å²) in [5.41, 5.74) is 1.73. The van der Waals surface area contributed by atoms with Crippen molar-refractivity contribution in [3.8, 4) is 28.5 Å². The fraction of sp³-hybridized carbons (Fsp3) is 0.433. The Morgan fingerprint density at radius 3 is 1.72 bits per heavy atom. The number of benzene rings is 2. The summed E-state index contributed by atoms with van der Waals surface area (Å²) in [5, 5.41) is 0. The number of hydrogen-bond acceptors (Lipinski definition) is 6. The molecule has 0 aliphatic carbocycles. The van der Waals surface area contributed by atoms with Crippen molar-refractivity contribution < 1.29 is 19.0 Å². The zero-order valence-electron chi connectivity index (χ0n) is 21.6. The zero-order chi connectivity index (χ0) is 25.4. The molecule has 3 rings (SSSR count). The topological polar surface area (TPSA) is 70.5 Å². The summed E-state index contributed by atoms with van der Waals surface area (Å²) in [7, 11) is 0. The SMILES string of the molecule is CCCCCCCOc1ccc(OC(=O)c2cnc(-c3ccc(OCCCCCC)cc3)cn2)cc1. The van der Waals surface area contributed by atoms with E-state index in [2.05, 4.69) is 23.8 Å². The van der Waals surface area contributed by atoms with Crippen LogP contribution in [0, 0.1) is 0 Å². The van der Waals surface area contributed by atoms with Gasteiger partial charge in [-0.3, -0.25) is 4.98 Å². The third-order valence-electron chi connectivity index (χ3n) is 5.83. The molecule has 0 aliphatic rings. The Kier molecular flexibility index (Phi) is 11.7. The summed E-state index contributed by atoms with van der Waals surface area (Å²) in [4.78, 5) is 21.1. The maximum Gasteiger partial charge on any atom is 0.363 e.